The highest BCUT2D eigenvalue weighted by Gasteiger charge is 2.28. The molecule has 0 radical (unpaired) electrons. The van der Waals surface area contributed by atoms with Crippen LogP contribution in [0.5, 0.6) is 5.75 Å². The van der Waals surface area contributed by atoms with Gasteiger partial charge in [-0.25, -0.2) is 0 Å². The van der Waals surface area contributed by atoms with E-state index in [0.717, 1.165) is 37.4 Å². The van der Waals surface area contributed by atoms with Crippen LogP contribution in [0, 0.1) is 11.8 Å². The molecule has 1 aromatic carbocycles. The summed E-state index contributed by atoms with van der Waals surface area (Å²) in [4.78, 5) is 11.0. The van der Waals surface area contributed by atoms with Gasteiger partial charge in [0.15, 0.2) is 5.76 Å². The number of aliphatic carboxylic acids is 1. The average Bonchev–Trinajstić information content (AvgIpc) is 3.03. The van der Waals surface area contributed by atoms with Gasteiger partial charge < -0.3 is 19.7 Å². The molecule has 24 heavy (non-hydrogen) atoms. The fourth-order valence-electron chi connectivity index (χ4n) is 3.17. The van der Waals surface area contributed by atoms with Crippen LogP contribution in [0.4, 0.5) is 0 Å². The molecule has 1 aromatic heterocycles. The van der Waals surface area contributed by atoms with E-state index in [4.69, 9.17) is 14.4 Å². The number of benzene rings is 1. The third-order valence-electron chi connectivity index (χ3n) is 4.41. The van der Waals surface area contributed by atoms with Crippen LogP contribution in [-0.4, -0.2) is 29.3 Å². The molecular formula is C18H22N2O4. The Hall–Kier alpha value is -2.34. The fourth-order valence-corrected chi connectivity index (χ4v) is 3.17. The number of rotatable bonds is 7. The average molecular weight is 330 g/mol. The van der Waals surface area contributed by atoms with E-state index in [-0.39, 0.29) is 18.3 Å². The Kier molecular flexibility index (Phi) is 5.48. The Morgan fingerprint density at radius 2 is 2.17 bits per heavy atom. The molecule has 1 fully saturated rings. The van der Waals surface area contributed by atoms with Gasteiger partial charge in [0.05, 0.1) is 5.69 Å². The number of carboxylic acid groups (broad SMARTS) is 1. The lowest BCUT2D eigenvalue weighted by Crippen LogP contribution is -2.38. The van der Waals surface area contributed by atoms with Gasteiger partial charge in [0.1, 0.15) is 12.4 Å². The van der Waals surface area contributed by atoms with E-state index in [2.05, 4.69) is 10.5 Å². The van der Waals surface area contributed by atoms with Crippen molar-refractivity contribution < 1.29 is 19.2 Å². The predicted molar refractivity (Wildman–Crippen MR) is 87.7 cm³/mol. The third kappa shape index (κ3) is 4.58. The van der Waals surface area contributed by atoms with Crippen molar-refractivity contribution in [3.8, 4) is 5.75 Å². The van der Waals surface area contributed by atoms with Gasteiger partial charge in [-0.2, -0.15) is 0 Å². The van der Waals surface area contributed by atoms with E-state index in [9.17, 15) is 4.79 Å². The van der Waals surface area contributed by atoms with Gasteiger partial charge in [0.25, 0.3) is 0 Å². The predicted octanol–water partition coefficient (Wildman–Crippen LogP) is 2.50. The van der Waals surface area contributed by atoms with E-state index in [1.54, 1.807) is 0 Å². The number of nitrogens with zero attached hydrogens (tertiary/aromatic N) is 1. The van der Waals surface area contributed by atoms with Crippen LogP contribution in [0.3, 0.4) is 0 Å². The quantitative estimate of drug-likeness (QED) is 0.811. The highest BCUT2D eigenvalue weighted by molar-refractivity contribution is 5.67. The number of nitrogens with one attached hydrogen (secondary N) is 1. The zero-order chi connectivity index (χ0) is 16.8. The van der Waals surface area contributed by atoms with E-state index in [1.807, 2.05) is 36.4 Å². The van der Waals surface area contributed by atoms with Crippen molar-refractivity contribution in [1.82, 2.24) is 10.5 Å². The topological polar surface area (TPSA) is 84.6 Å². The summed E-state index contributed by atoms with van der Waals surface area (Å²) in [5, 5.41) is 16.5. The molecule has 2 aromatic rings. The number of hydrogen-bond donors (Lipinski definition) is 2. The minimum Gasteiger partial charge on any atom is -0.486 e. The Morgan fingerprint density at radius 3 is 2.96 bits per heavy atom. The summed E-state index contributed by atoms with van der Waals surface area (Å²) in [5.74, 6) is 1.18. The van der Waals surface area contributed by atoms with Crippen molar-refractivity contribution in [2.24, 2.45) is 11.8 Å². The molecule has 3 rings (SSSR count). The van der Waals surface area contributed by atoms with E-state index in [0.29, 0.717) is 12.4 Å². The van der Waals surface area contributed by atoms with Crippen LogP contribution in [0.1, 0.15) is 24.3 Å². The first-order valence-corrected chi connectivity index (χ1v) is 8.25. The molecule has 0 amide bonds. The van der Waals surface area contributed by atoms with Crippen molar-refractivity contribution in [2.75, 3.05) is 13.1 Å². The molecule has 1 saturated heterocycles. The van der Waals surface area contributed by atoms with E-state index in [1.165, 1.54) is 0 Å². The monoisotopic (exact) mass is 330 g/mol. The maximum absolute atomic E-state index is 11.0. The van der Waals surface area contributed by atoms with Crippen molar-refractivity contribution >= 4 is 5.97 Å². The molecule has 0 unspecified atom stereocenters. The number of ether oxygens (including phenoxy) is 1. The first kappa shape index (κ1) is 16.5. The van der Waals surface area contributed by atoms with Crippen molar-refractivity contribution in [3.05, 3.63) is 47.9 Å². The lowest BCUT2D eigenvalue weighted by atomic mass is 9.81. The minimum absolute atomic E-state index is 0.185. The molecule has 0 bridgehead atoms. The van der Waals surface area contributed by atoms with Crippen molar-refractivity contribution in [2.45, 2.75) is 25.9 Å². The number of carboxylic acids is 1. The summed E-state index contributed by atoms with van der Waals surface area (Å²) in [6.07, 6.45) is 1.83. The van der Waals surface area contributed by atoms with Crippen LogP contribution in [0.25, 0.3) is 0 Å². The summed E-state index contributed by atoms with van der Waals surface area (Å²) in [6, 6.07) is 11.4. The molecule has 1 aliphatic heterocycles. The number of piperidine rings is 1. The Bertz CT molecular complexity index is 656. The van der Waals surface area contributed by atoms with E-state index < -0.39 is 5.97 Å². The highest BCUT2D eigenvalue weighted by Crippen LogP contribution is 2.26. The molecule has 0 saturated carbocycles. The molecular weight excluding hydrogens is 308 g/mol. The van der Waals surface area contributed by atoms with Crippen LogP contribution < -0.4 is 10.1 Å². The lowest BCUT2D eigenvalue weighted by molar-refractivity contribution is -0.138. The van der Waals surface area contributed by atoms with Gasteiger partial charge in [-0.15, -0.1) is 0 Å². The van der Waals surface area contributed by atoms with Gasteiger partial charge in [-0.05, 0) is 49.9 Å². The molecule has 128 valence electrons. The Labute approximate surface area is 140 Å². The smallest absolute Gasteiger partial charge is 0.303 e. The minimum atomic E-state index is -0.732. The van der Waals surface area contributed by atoms with Gasteiger partial charge in [0.2, 0.25) is 0 Å². The molecule has 6 heteroatoms. The van der Waals surface area contributed by atoms with Gasteiger partial charge in [-0.1, -0.05) is 23.4 Å². The largest absolute Gasteiger partial charge is 0.486 e. The van der Waals surface area contributed by atoms with Crippen LogP contribution in [0.15, 0.2) is 40.9 Å². The molecule has 2 atom stereocenters. The zero-order valence-corrected chi connectivity index (χ0v) is 13.5. The summed E-state index contributed by atoms with van der Waals surface area (Å²) in [6.45, 7) is 2.03. The number of hydrogen-bond acceptors (Lipinski definition) is 5. The molecule has 1 aliphatic rings. The highest BCUT2D eigenvalue weighted by atomic mass is 16.5. The lowest BCUT2D eigenvalue weighted by Gasteiger charge is -2.30. The maximum atomic E-state index is 11.0. The van der Waals surface area contributed by atoms with Gasteiger partial charge in [0, 0.05) is 12.5 Å². The van der Waals surface area contributed by atoms with E-state index >= 15 is 0 Å². The molecule has 6 nitrogen and oxygen atoms in total. The second-order valence-corrected chi connectivity index (χ2v) is 6.20. The summed E-state index contributed by atoms with van der Waals surface area (Å²) >= 11 is 0. The molecule has 0 spiro atoms. The van der Waals surface area contributed by atoms with Crippen LogP contribution >= 0.6 is 0 Å². The Morgan fingerprint density at radius 1 is 1.33 bits per heavy atom. The molecule has 2 heterocycles. The summed E-state index contributed by atoms with van der Waals surface area (Å²) in [7, 11) is 0. The van der Waals surface area contributed by atoms with Crippen molar-refractivity contribution in [1.29, 1.82) is 0 Å². The Balaban J connectivity index is 1.55. The number of para-hydroxylation sites is 1. The molecule has 0 aliphatic carbocycles. The SMILES string of the molecule is O=C(O)C[C@@H]1CCNC[C@H]1Cc1cc(COc2ccccc2)on1. The van der Waals surface area contributed by atoms with Gasteiger partial charge in [-0.3, -0.25) is 4.79 Å². The summed E-state index contributed by atoms with van der Waals surface area (Å²) < 4.78 is 11.0. The van der Waals surface area contributed by atoms with Gasteiger partial charge >= 0.3 is 5.97 Å². The maximum Gasteiger partial charge on any atom is 0.303 e. The first-order chi connectivity index (χ1) is 11.7. The molecule has 2 N–H and O–H groups in total. The first-order valence-electron chi connectivity index (χ1n) is 8.25. The standard InChI is InChI=1S/C18H22N2O4/c21-18(22)9-13-6-7-19-11-14(13)8-15-10-17(24-20-15)12-23-16-4-2-1-3-5-16/h1-5,10,13-14,19H,6-9,11-12H2,(H,21,22)/t13-,14+/m0/s1. The number of carbonyl (C=O) groups is 1. The second kappa shape index (κ2) is 7.97. The fraction of sp³-hybridized carbons (Fsp3) is 0.444. The third-order valence-corrected chi connectivity index (χ3v) is 4.41. The van der Waals surface area contributed by atoms with Crippen LogP contribution in [-0.2, 0) is 17.8 Å². The second-order valence-electron chi connectivity index (χ2n) is 6.20. The van der Waals surface area contributed by atoms with Crippen LogP contribution in [0.2, 0.25) is 0 Å². The van der Waals surface area contributed by atoms with Crippen molar-refractivity contribution in [3.63, 3.8) is 0 Å². The zero-order valence-electron chi connectivity index (χ0n) is 13.5. The number of aromatic nitrogens is 1. The normalized spacial score (nSPS) is 20.7. The summed E-state index contributed by atoms with van der Waals surface area (Å²) in [5.41, 5.74) is 0.853.